The Morgan fingerprint density at radius 1 is 1.29 bits per heavy atom. The molecule has 0 saturated carbocycles. The van der Waals surface area contributed by atoms with Crippen molar-refractivity contribution in [3.8, 4) is 0 Å². The highest BCUT2D eigenvalue weighted by Crippen LogP contribution is 2.28. The molecule has 0 spiro atoms. The van der Waals surface area contributed by atoms with Crippen molar-refractivity contribution in [1.82, 2.24) is 4.90 Å². The number of carbonyl (C=O) groups is 2. The van der Waals surface area contributed by atoms with Crippen LogP contribution in [0.15, 0.2) is 30.3 Å². The quantitative estimate of drug-likeness (QED) is 0.927. The molecular weight excluding hydrogens is 266 g/mol. The summed E-state index contributed by atoms with van der Waals surface area (Å²) in [5, 5.41) is 9.11. The maximum absolute atomic E-state index is 12.5. The molecule has 0 aromatic heterocycles. The van der Waals surface area contributed by atoms with Crippen molar-refractivity contribution in [3.63, 3.8) is 0 Å². The second-order valence-corrected chi connectivity index (χ2v) is 6.44. The van der Waals surface area contributed by atoms with Crippen LogP contribution >= 0.6 is 0 Å². The third-order valence-corrected chi connectivity index (χ3v) is 4.27. The van der Waals surface area contributed by atoms with Crippen molar-refractivity contribution < 1.29 is 14.7 Å². The van der Waals surface area contributed by atoms with Gasteiger partial charge in [-0.1, -0.05) is 44.2 Å². The summed E-state index contributed by atoms with van der Waals surface area (Å²) in [6.45, 7) is 5.13. The van der Waals surface area contributed by atoms with Gasteiger partial charge >= 0.3 is 5.97 Å². The van der Waals surface area contributed by atoms with Crippen LogP contribution < -0.4 is 0 Å². The molecular formula is C17H23NO3. The number of nitrogens with zero attached hydrogens (tertiary/aromatic N) is 1. The number of carboxylic acids is 1. The summed E-state index contributed by atoms with van der Waals surface area (Å²) in [6, 6.07) is 9.97. The van der Waals surface area contributed by atoms with E-state index in [1.165, 1.54) is 0 Å². The fourth-order valence-corrected chi connectivity index (χ4v) is 2.89. The van der Waals surface area contributed by atoms with Gasteiger partial charge in [0.25, 0.3) is 0 Å². The Hall–Kier alpha value is -1.84. The van der Waals surface area contributed by atoms with Gasteiger partial charge in [-0.3, -0.25) is 9.59 Å². The Labute approximate surface area is 125 Å². The highest BCUT2D eigenvalue weighted by atomic mass is 16.4. The van der Waals surface area contributed by atoms with Crippen LogP contribution in [0.5, 0.6) is 0 Å². The number of rotatable bonds is 4. The van der Waals surface area contributed by atoms with E-state index in [9.17, 15) is 9.59 Å². The fraction of sp³-hybridized carbons (Fsp3) is 0.529. The Morgan fingerprint density at radius 3 is 2.57 bits per heavy atom. The summed E-state index contributed by atoms with van der Waals surface area (Å²) < 4.78 is 0. The number of hydrogen-bond donors (Lipinski definition) is 1. The summed E-state index contributed by atoms with van der Waals surface area (Å²) in [6.07, 6.45) is 1.85. The predicted molar refractivity (Wildman–Crippen MR) is 81.0 cm³/mol. The van der Waals surface area contributed by atoms with E-state index in [0.717, 1.165) is 12.0 Å². The summed E-state index contributed by atoms with van der Waals surface area (Å²) in [5.41, 5.74) is 0.888. The van der Waals surface area contributed by atoms with Gasteiger partial charge in [-0.25, -0.2) is 0 Å². The molecule has 4 nitrogen and oxygen atoms in total. The zero-order valence-electron chi connectivity index (χ0n) is 12.7. The first-order valence-corrected chi connectivity index (χ1v) is 7.46. The molecule has 21 heavy (non-hydrogen) atoms. The predicted octanol–water partition coefficient (Wildman–Crippen LogP) is 2.68. The number of likely N-dealkylation sites (tertiary alicyclic amines) is 1. The van der Waals surface area contributed by atoms with Gasteiger partial charge in [0, 0.05) is 19.5 Å². The SMILES string of the molecule is CC(C)(CC(=O)N1CCC[C@H](C(=O)O)C1)c1ccccc1. The average molecular weight is 289 g/mol. The first-order valence-electron chi connectivity index (χ1n) is 7.46. The van der Waals surface area contributed by atoms with Crippen molar-refractivity contribution in [3.05, 3.63) is 35.9 Å². The van der Waals surface area contributed by atoms with Gasteiger partial charge in [-0.2, -0.15) is 0 Å². The maximum atomic E-state index is 12.5. The van der Waals surface area contributed by atoms with Crippen LogP contribution in [0.4, 0.5) is 0 Å². The minimum Gasteiger partial charge on any atom is -0.481 e. The summed E-state index contributed by atoms with van der Waals surface area (Å²) in [5.74, 6) is -1.16. The van der Waals surface area contributed by atoms with E-state index in [2.05, 4.69) is 13.8 Å². The van der Waals surface area contributed by atoms with Crippen LogP contribution in [0.2, 0.25) is 0 Å². The van der Waals surface area contributed by atoms with E-state index in [-0.39, 0.29) is 11.3 Å². The molecule has 0 bridgehead atoms. The molecule has 1 fully saturated rings. The van der Waals surface area contributed by atoms with Crippen molar-refractivity contribution in [2.45, 2.75) is 38.5 Å². The molecule has 0 aliphatic carbocycles. The zero-order valence-corrected chi connectivity index (χ0v) is 12.7. The highest BCUT2D eigenvalue weighted by molar-refractivity contribution is 5.79. The molecule has 1 heterocycles. The number of benzene rings is 1. The highest BCUT2D eigenvalue weighted by Gasteiger charge is 2.31. The molecule has 1 amide bonds. The van der Waals surface area contributed by atoms with Crippen LogP contribution in [-0.2, 0) is 15.0 Å². The van der Waals surface area contributed by atoms with Gasteiger partial charge in [0.2, 0.25) is 5.91 Å². The third-order valence-electron chi connectivity index (χ3n) is 4.27. The van der Waals surface area contributed by atoms with Crippen molar-refractivity contribution in [2.24, 2.45) is 5.92 Å². The fourth-order valence-electron chi connectivity index (χ4n) is 2.89. The normalized spacial score (nSPS) is 19.3. The van der Waals surface area contributed by atoms with Gasteiger partial charge in [-0.15, -0.1) is 0 Å². The van der Waals surface area contributed by atoms with E-state index in [4.69, 9.17) is 5.11 Å². The smallest absolute Gasteiger partial charge is 0.308 e. The monoisotopic (exact) mass is 289 g/mol. The molecule has 114 valence electrons. The number of piperidine rings is 1. The second-order valence-electron chi connectivity index (χ2n) is 6.44. The van der Waals surface area contributed by atoms with E-state index in [1.807, 2.05) is 30.3 Å². The third kappa shape index (κ3) is 3.84. The lowest BCUT2D eigenvalue weighted by atomic mass is 9.81. The van der Waals surface area contributed by atoms with E-state index < -0.39 is 11.9 Å². The lowest BCUT2D eigenvalue weighted by Crippen LogP contribution is -2.44. The summed E-state index contributed by atoms with van der Waals surface area (Å²) in [7, 11) is 0. The van der Waals surface area contributed by atoms with Crippen LogP contribution in [-0.4, -0.2) is 35.0 Å². The molecule has 1 aromatic carbocycles. The Kier molecular flexibility index (Phi) is 4.66. The molecule has 1 atom stereocenters. The van der Waals surface area contributed by atoms with Crippen molar-refractivity contribution in [1.29, 1.82) is 0 Å². The maximum Gasteiger partial charge on any atom is 0.308 e. The zero-order chi connectivity index (χ0) is 15.5. The average Bonchev–Trinajstić information content (AvgIpc) is 2.48. The van der Waals surface area contributed by atoms with Gasteiger partial charge in [0.15, 0.2) is 0 Å². The molecule has 1 aliphatic rings. The van der Waals surface area contributed by atoms with Crippen LogP contribution in [0.3, 0.4) is 0 Å². The molecule has 1 saturated heterocycles. The second kappa shape index (κ2) is 6.29. The number of amides is 1. The minimum absolute atomic E-state index is 0.0507. The molecule has 4 heteroatoms. The Morgan fingerprint density at radius 2 is 1.95 bits per heavy atom. The van der Waals surface area contributed by atoms with Gasteiger partial charge < -0.3 is 10.0 Å². The van der Waals surface area contributed by atoms with E-state index in [1.54, 1.807) is 4.90 Å². The number of carbonyl (C=O) groups excluding carboxylic acids is 1. The lowest BCUT2D eigenvalue weighted by Gasteiger charge is -2.34. The van der Waals surface area contributed by atoms with Crippen LogP contribution in [0.1, 0.15) is 38.7 Å². The first kappa shape index (κ1) is 15.5. The molecule has 0 radical (unpaired) electrons. The number of carboxylic acid groups (broad SMARTS) is 1. The first-order chi connectivity index (χ1) is 9.90. The molecule has 1 aliphatic heterocycles. The topological polar surface area (TPSA) is 57.6 Å². The van der Waals surface area contributed by atoms with Gasteiger partial charge in [0.1, 0.15) is 0 Å². The van der Waals surface area contributed by atoms with Gasteiger partial charge in [0.05, 0.1) is 5.92 Å². The van der Waals surface area contributed by atoms with E-state index in [0.29, 0.717) is 25.9 Å². The van der Waals surface area contributed by atoms with Crippen LogP contribution in [0.25, 0.3) is 0 Å². The molecule has 1 aromatic rings. The minimum atomic E-state index is -0.796. The summed E-state index contributed by atoms with van der Waals surface area (Å²) in [4.78, 5) is 25.3. The van der Waals surface area contributed by atoms with Crippen molar-refractivity contribution >= 4 is 11.9 Å². The molecule has 0 unspecified atom stereocenters. The van der Waals surface area contributed by atoms with Crippen molar-refractivity contribution in [2.75, 3.05) is 13.1 Å². The standard InChI is InChI=1S/C17H23NO3/c1-17(2,14-8-4-3-5-9-14)11-15(19)18-10-6-7-13(12-18)16(20)21/h3-5,8-9,13H,6-7,10-12H2,1-2H3,(H,20,21)/t13-/m0/s1. The number of hydrogen-bond acceptors (Lipinski definition) is 2. The Balaban J connectivity index is 2.02. The largest absolute Gasteiger partial charge is 0.481 e. The molecule has 1 N–H and O–H groups in total. The van der Waals surface area contributed by atoms with Gasteiger partial charge in [-0.05, 0) is 23.8 Å². The van der Waals surface area contributed by atoms with E-state index >= 15 is 0 Å². The lowest BCUT2D eigenvalue weighted by molar-refractivity contribution is -0.145. The Bertz CT molecular complexity index is 510. The summed E-state index contributed by atoms with van der Waals surface area (Å²) >= 11 is 0. The van der Waals surface area contributed by atoms with Crippen LogP contribution in [0, 0.1) is 5.92 Å². The molecule has 2 rings (SSSR count). The number of aliphatic carboxylic acids is 1.